The Morgan fingerprint density at radius 2 is 1.72 bits per heavy atom. The molecule has 0 saturated heterocycles. The molecule has 2 aromatic carbocycles. The van der Waals surface area contributed by atoms with Gasteiger partial charge in [0.05, 0.1) is 11.7 Å². The van der Waals surface area contributed by atoms with Crippen LogP contribution < -0.4 is 4.74 Å². The van der Waals surface area contributed by atoms with Crippen LogP contribution in [0.2, 0.25) is 0 Å². The van der Waals surface area contributed by atoms with Crippen LogP contribution in [-0.2, 0) is 4.74 Å². The number of esters is 2. The lowest BCUT2D eigenvalue weighted by Crippen LogP contribution is -2.12. The van der Waals surface area contributed by atoms with Crippen molar-refractivity contribution in [2.75, 3.05) is 0 Å². The van der Waals surface area contributed by atoms with E-state index in [1.54, 1.807) is 63.2 Å². The van der Waals surface area contributed by atoms with Gasteiger partial charge in [0.25, 0.3) is 0 Å². The standard InChI is InChI=1S/C20H18O5/c1-12(2)23-20(22)18-13(3)24-17-10-9-15(11-16(17)18)25-19(21)14-7-5-4-6-8-14/h4-12H,1-3H3. The van der Waals surface area contributed by atoms with Crippen LogP contribution >= 0.6 is 0 Å². The molecule has 3 rings (SSSR count). The molecule has 0 aliphatic heterocycles. The van der Waals surface area contributed by atoms with Crippen molar-refractivity contribution in [3.05, 3.63) is 65.4 Å². The minimum Gasteiger partial charge on any atom is -0.460 e. The molecular weight excluding hydrogens is 320 g/mol. The first-order chi connectivity index (χ1) is 12.0. The van der Waals surface area contributed by atoms with Gasteiger partial charge >= 0.3 is 11.9 Å². The highest BCUT2D eigenvalue weighted by Crippen LogP contribution is 2.30. The summed E-state index contributed by atoms with van der Waals surface area (Å²) in [5.74, 6) is -0.128. The van der Waals surface area contributed by atoms with E-state index in [2.05, 4.69) is 0 Å². The number of carbonyl (C=O) groups is 2. The first-order valence-electron chi connectivity index (χ1n) is 7.97. The Balaban J connectivity index is 1.93. The molecule has 128 valence electrons. The average Bonchev–Trinajstić information content (AvgIpc) is 2.90. The predicted molar refractivity (Wildman–Crippen MR) is 92.9 cm³/mol. The molecule has 0 radical (unpaired) electrons. The number of ether oxygens (including phenoxy) is 2. The van der Waals surface area contributed by atoms with Gasteiger partial charge in [0, 0.05) is 5.39 Å². The molecule has 1 aromatic heterocycles. The Bertz CT molecular complexity index is 922. The third kappa shape index (κ3) is 3.55. The summed E-state index contributed by atoms with van der Waals surface area (Å²) in [6, 6.07) is 13.6. The molecule has 25 heavy (non-hydrogen) atoms. The zero-order valence-electron chi connectivity index (χ0n) is 14.2. The van der Waals surface area contributed by atoms with Crippen molar-refractivity contribution in [3.8, 4) is 5.75 Å². The van der Waals surface area contributed by atoms with Gasteiger partial charge in [-0.15, -0.1) is 0 Å². The summed E-state index contributed by atoms with van der Waals surface area (Å²) in [5, 5.41) is 0.557. The number of rotatable bonds is 4. The summed E-state index contributed by atoms with van der Waals surface area (Å²) in [6.45, 7) is 5.26. The van der Waals surface area contributed by atoms with Crippen LogP contribution in [0.3, 0.4) is 0 Å². The van der Waals surface area contributed by atoms with Gasteiger partial charge in [-0.25, -0.2) is 9.59 Å². The maximum absolute atomic E-state index is 12.3. The molecule has 0 bridgehead atoms. The fourth-order valence-corrected chi connectivity index (χ4v) is 2.53. The van der Waals surface area contributed by atoms with E-state index in [1.165, 1.54) is 0 Å². The number of furan rings is 1. The lowest BCUT2D eigenvalue weighted by molar-refractivity contribution is 0.0378. The fraction of sp³-hybridized carbons (Fsp3) is 0.200. The molecule has 0 aliphatic rings. The maximum Gasteiger partial charge on any atom is 0.343 e. The van der Waals surface area contributed by atoms with Crippen LogP contribution in [0.25, 0.3) is 11.0 Å². The Kier molecular flexibility index (Phi) is 4.57. The van der Waals surface area contributed by atoms with Crippen LogP contribution in [0.5, 0.6) is 5.75 Å². The smallest absolute Gasteiger partial charge is 0.343 e. The van der Waals surface area contributed by atoms with Gasteiger partial charge in [0.2, 0.25) is 0 Å². The summed E-state index contributed by atoms with van der Waals surface area (Å²) >= 11 is 0. The number of benzene rings is 2. The third-order valence-electron chi connectivity index (χ3n) is 3.60. The monoisotopic (exact) mass is 338 g/mol. The molecule has 0 amide bonds. The highest BCUT2D eigenvalue weighted by molar-refractivity contribution is 6.05. The number of hydrogen-bond acceptors (Lipinski definition) is 5. The van der Waals surface area contributed by atoms with Crippen LogP contribution in [0.4, 0.5) is 0 Å². The third-order valence-corrected chi connectivity index (χ3v) is 3.60. The van der Waals surface area contributed by atoms with Crippen LogP contribution in [0.1, 0.15) is 40.3 Å². The zero-order valence-corrected chi connectivity index (χ0v) is 14.2. The van der Waals surface area contributed by atoms with E-state index in [0.717, 1.165) is 0 Å². The van der Waals surface area contributed by atoms with Gasteiger partial charge in [-0.05, 0) is 51.1 Å². The second kappa shape index (κ2) is 6.81. The second-order valence-corrected chi connectivity index (χ2v) is 5.90. The molecule has 0 unspecified atom stereocenters. The lowest BCUT2D eigenvalue weighted by atomic mass is 10.1. The molecule has 0 saturated carbocycles. The van der Waals surface area contributed by atoms with Gasteiger partial charge in [0.15, 0.2) is 0 Å². The molecule has 0 fully saturated rings. The highest BCUT2D eigenvalue weighted by Gasteiger charge is 2.21. The molecule has 5 nitrogen and oxygen atoms in total. The van der Waals surface area contributed by atoms with Crippen molar-refractivity contribution in [2.45, 2.75) is 26.9 Å². The van der Waals surface area contributed by atoms with Gasteiger partial charge < -0.3 is 13.9 Å². The van der Waals surface area contributed by atoms with E-state index in [4.69, 9.17) is 13.9 Å². The Morgan fingerprint density at radius 3 is 2.40 bits per heavy atom. The van der Waals surface area contributed by atoms with E-state index < -0.39 is 11.9 Å². The molecule has 0 N–H and O–H groups in total. The average molecular weight is 338 g/mol. The SMILES string of the molecule is Cc1oc2ccc(OC(=O)c3ccccc3)cc2c1C(=O)OC(C)C. The van der Waals surface area contributed by atoms with E-state index in [0.29, 0.717) is 33.6 Å². The van der Waals surface area contributed by atoms with Crippen LogP contribution in [-0.4, -0.2) is 18.0 Å². The molecule has 5 heteroatoms. The topological polar surface area (TPSA) is 65.7 Å². The van der Waals surface area contributed by atoms with Crippen molar-refractivity contribution in [2.24, 2.45) is 0 Å². The Hall–Kier alpha value is -3.08. The van der Waals surface area contributed by atoms with Crippen molar-refractivity contribution < 1.29 is 23.5 Å². The normalized spacial score (nSPS) is 10.9. The van der Waals surface area contributed by atoms with Gasteiger partial charge in [-0.2, -0.15) is 0 Å². The van der Waals surface area contributed by atoms with Crippen LogP contribution in [0.15, 0.2) is 52.9 Å². The fourth-order valence-electron chi connectivity index (χ4n) is 2.53. The predicted octanol–water partition coefficient (Wildman–Crippen LogP) is 4.53. The van der Waals surface area contributed by atoms with Crippen molar-refractivity contribution in [1.82, 2.24) is 0 Å². The van der Waals surface area contributed by atoms with Crippen LogP contribution in [0, 0.1) is 6.92 Å². The highest BCUT2D eigenvalue weighted by atomic mass is 16.5. The van der Waals surface area contributed by atoms with Gasteiger partial charge in [-0.3, -0.25) is 0 Å². The van der Waals surface area contributed by atoms with Gasteiger partial charge in [0.1, 0.15) is 22.7 Å². The molecular formula is C20H18O5. The lowest BCUT2D eigenvalue weighted by Gasteiger charge is -2.08. The Morgan fingerprint density at radius 1 is 1.00 bits per heavy atom. The molecule has 0 aliphatic carbocycles. The maximum atomic E-state index is 12.3. The second-order valence-electron chi connectivity index (χ2n) is 5.90. The van der Waals surface area contributed by atoms with E-state index in [9.17, 15) is 9.59 Å². The first-order valence-corrected chi connectivity index (χ1v) is 7.97. The molecule has 3 aromatic rings. The molecule has 1 heterocycles. The van der Waals surface area contributed by atoms with E-state index in [-0.39, 0.29) is 6.10 Å². The van der Waals surface area contributed by atoms with Crippen molar-refractivity contribution in [1.29, 1.82) is 0 Å². The summed E-state index contributed by atoms with van der Waals surface area (Å²) < 4.78 is 16.3. The number of aryl methyl sites for hydroxylation is 1. The minimum absolute atomic E-state index is 0.240. The van der Waals surface area contributed by atoms with E-state index >= 15 is 0 Å². The zero-order chi connectivity index (χ0) is 18.0. The van der Waals surface area contributed by atoms with E-state index in [1.807, 2.05) is 6.07 Å². The summed E-state index contributed by atoms with van der Waals surface area (Å²) in [4.78, 5) is 24.5. The summed E-state index contributed by atoms with van der Waals surface area (Å²) in [7, 11) is 0. The number of hydrogen-bond donors (Lipinski definition) is 0. The number of carbonyl (C=O) groups excluding carboxylic acids is 2. The number of fused-ring (bicyclic) bond motifs is 1. The first kappa shape index (κ1) is 16.8. The molecule has 0 atom stereocenters. The minimum atomic E-state index is -0.466. The van der Waals surface area contributed by atoms with Crippen molar-refractivity contribution >= 4 is 22.9 Å². The Labute approximate surface area is 145 Å². The molecule has 0 spiro atoms. The van der Waals surface area contributed by atoms with Crippen molar-refractivity contribution in [3.63, 3.8) is 0 Å². The summed E-state index contributed by atoms with van der Waals surface area (Å²) in [5.41, 5.74) is 1.33. The quantitative estimate of drug-likeness (QED) is 0.517. The summed E-state index contributed by atoms with van der Waals surface area (Å²) in [6.07, 6.45) is -0.240. The largest absolute Gasteiger partial charge is 0.460 e. The van der Waals surface area contributed by atoms with Gasteiger partial charge in [-0.1, -0.05) is 18.2 Å².